The predicted molar refractivity (Wildman–Crippen MR) is 95.7 cm³/mol. The van der Waals surface area contributed by atoms with Gasteiger partial charge in [0.2, 0.25) is 5.91 Å². The molecule has 1 aliphatic carbocycles. The van der Waals surface area contributed by atoms with Crippen molar-refractivity contribution in [1.82, 2.24) is 19.9 Å². The molecule has 0 atom stereocenters. The van der Waals surface area contributed by atoms with Gasteiger partial charge in [-0.25, -0.2) is 9.97 Å². The second kappa shape index (κ2) is 7.77. The normalized spacial score (nSPS) is 21.1. The first kappa shape index (κ1) is 16.9. The van der Waals surface area contributed by atoms with Gasteiger partial charge in [0.15, 0.2) is 5.65 Å². The van der Waals surface area contributed by atoms with E-state index in [1.165, 1.54) is 12.8 Å². The summed E-state index contributed by atoms with van der Waals surface area (Å²) in [6.07, 6.45) is 8.69. The van der Waals surface area contributed by atoms with Crippen LogP contribution in [0.4, 0.5) is 0 Å². The fourth-order valence-electron chi connectivity index (χ4n) is 3.58. The molecule has 0 radical (unpaired) electrons. The van der Waals surface area contributed by atoms with Gasteiger partial charge in [-0.1, -0.05) is 13.8 Å². The van der Waals surface area contributed by atoms with Gasteiger partial charge in [0.25, 0.3) is 0 Å². The molecule has 2 aromatic rings. The van der Waals surface area contributed by atoms with Crippen LogP contribution in [0.1, 0.15) is 58.2 Å². The highest BCUT2D eigenvalue weighted by atomic mass is 16.1. The molecule has 2 aromatic heterocycles. The van der Waals surface area contributed by atoms with Gasteiger partial charge >= 0.3 is 0 Å². The van der Waals surface area contributed by atoms with Gasteiger partial charge in [0, 0.05) is 31.6 Å². The standard InChI is InChI=1S/C19H28N4O/c1-3-13-23-17(22-16-5-4-12-20-19(16)23)10-11-18(24)21-15-8-6-14(2)7-9-15/h4-5,12,14-15H,3,6-11,13H2,1-2H3,(H,21,24). The summed E-state index contributed by atoms with van der Waals surface area (Å²) >= 11 is 0. The van der Waals surface area contributed by atoms with Crippen molar-refractivity contribution in [1.29, 1.82) is 0 Å². The Morgan fingerprint density at radius 3 is 2.88 bits per heavy atom. The van der Waals surface area contributed by atoms with Crippen molar-refractivity contribution in [2.45, 2.75) is 71.4 Å². The van der Waals surface area contributed by atoms with Crippen molar-refractivity contribution in [2.24, 2.45) is 5.92 Å². The van der Waals surface area contributed by atoms with Gasteiger partial charge in [0.05, 0.1) is 0 Å². The Balaban J connectivity index is 1.60. The van der Waals surface area contributed by atoms with E-state index in [0.29, 0.717) is 18.9 Å². The van der Waals surface area contributed by atoms with E-state index in [1.807, 2.05) is 12.1 Å². The van der Waals surface area contributed by atoms with Crippen molar-refractivity contribution < 1.29 is 4.79 Å². The molecule has 1 saturated carbocycles. The molecule has 5 heteroatoms. The lowest BCUT2D eigenvalue weighted by atomic mass is 9.87. The van der Waals surface area contributed by atoms with Crippen molar-refractivity contribution in [3.8, 4) is 0 Å². The van der Waals surface area contributed by atoms with Crippen molar-refractivity contribution in [2.75, 3.05) is 0 Å². The average Bonchev–Trinajstić information content (AvgIpc) is 2.93. The summed E-state index contributed by atoms with van der Waals surface area (Å²) in [4.78, 5) is 21.4. The van der Waals surface area contributed by atoms with Gasteiger partial charge in [-0.2, -0.15) is 0 Å². The molecule has 0 unspecified atom stereocenters. The largest absolute Gasteiger partial charge is 0.353 e. The highest BCUT2D eigenvalue weighted by molar-refractivity contribution is 5.77. The lowest BCUT2D eigenvalue weighted by molar-refractivity contribution is -0.122. The number of aromatic nitrogens is 3. The van der Waals surface area contributed by atoms with Crippen LogP contribution < -0.4 is 5.32 Å². The topological polar surface area (TPSA) is 59.8 Å². The van der Waals surface area contributed by atoms with Crippen LogP contribution in [-0.2, 0) is 17.8 Å². The van der Waals surface area contributed by atoms with E-state index in [0.717, 1.165) is 48.7 Å². The average molecular weight is 328 g/mol. The number of aryl methyl sites for hydroxylation is 2. The first-order chi connectivity index (χ1) is 11.7. The molecule has 3 rings (SSSR count). The summed E-state index contributed by atoms with van der Waals surface area (Å²) in [5.74, 6) is 1.93. The Kier molecular flexibility index (Phi) is 5.48. The monoisotopic (exact) mass is 328 g/mol. The maximum Gasteiger partial charge on any atom is 0.220 e. The minimum atomic E-state index is 0.151. The third-order valence-electron chi connectivity index (χ3n) is 4.99. The van der Waals surface area contributed by atoms with E-state index < -0.39 is 0 Å². The molecule has 0 aromatic carbocycles. The summed E-state index contributed by atoms with van der Waals surface area (Å²) in [5.41, 5.74) is 1.85. The third kappa shape index (κ3) is 3.94. The molecule has 5 nitrogen and oxygen atoms in total. The lowest BCUT2D eigenvalue weighted by Gasteiger charge is -2.26. The molecule has 0 aliphatic heterocycles. The van der Waals surface area contributed by atoms with Gasteiger partial charge in [-0.15, -0.1) is 0 Å². The zero-order valence-electron chi connectivity index (χ0n) is 14.8. The zero-order chi connectivity index (χ0) is 16.9. The summed E-state index contributed by atoms with van der Waals surface area (Å²) in [6.45, 7) is 5.34. The molecule has 1 N–H and O–H groups in total. The number of hydrogen-bond donors (Lipinski definition) is 1. The van der Waals surface area contributed by atoms with E-state index in [1.54, 1.807) is 6.20 Å². The minimum absolute atomic E-state index is 0.151. The number of nitrogens with zero attached hydrogens (tertiary/aromatic N) is 3. The number of nitrogens with one attached hydrogen (secondary N) is 1. The lowest BCUT2D eigenvalue weighted by Crippen LogP contribution is -2.37. The van der Waals surface area contributed by atoms with E-state index in [9.17, 15) is 4.79 Å². The first-order valence-corrected chi connectivity index (χ1v) is 9.27. The molecule has 130 valence electrons. The molecule has 1 fully saturated rings. The molecule has 1 amide bonds. The van der Waals surface area contributed by atoms with Crippen LogP contribution in [0, 0.1) is 5.92 Å². The van der Waals surface area contributed by atoms with Crippen LogP contribution in [0.25, 0.3) is 11.2 Å². The third-order valence-corrected chi connectivity index (χ3v) is 4.99. The zero-order valence-corrected chi connectivity index (χ0v) is 14.8. The van der Waals surface area contributed by atoms with Gasteiger partial charge in [0.1, 0.15) is 11.3 Å². The summed E-state index contributed by atoms with van der Waals surface area (Å²) < 4.78 is 2.16. The van der Waals surface area contributed by atoms with Gasteiger partial charge in [-0.3, -0.25) is 4.79 Å². The number of carbonyl (C=O) groups excluding carboxylic acids is 1. The fraction of sp³-hybridized carbons (Fsp3) is 0.632. The Morgan fingerprint density at radius 2 is 2.12 bits per heavy atom. The smallest absolute Gasteiger partial charge is 0.220 e. The predicted octanol–water partition coefficient (Wildman–Crippen LogP) is 3.47. The number of fused-ring (bicyclic) bond motifs is 1. The molecular weight excluding hydrogens is 300 g/mol. The molecular formula is C19H28N4O. The van der Waals surface area contributed by atoms with Crippen LogP contribution in [0.15, 0.2) is 18.3 Å². The number of rotatable bonds is 6. The van der Waals surface area contributed by atoms with E-state index >= 15 is 0 Å². The van der Waals surface area contributed by atoms with Gasteiger partial charge in [-0.05, 0) is 50.2 Å². The maximum absolute atomic E-state index is 12.3. The molecule has 0 bridgehead atoms. The summed E-state index contributed by atoms with van der Waals surface area (Å²) in [5, 5.41) is 3.20. The maximum atomic E-state index is 12.3. The number of amides is 1. The van der Waals surface area contributed by atoms with Gasteiger partial charge < -0.3 is 9.88 Å². The summed E-state index contributed by atoms with van der Waals surface area (Å²) in [7, 11) is 0. The highest BCUT2D eigenvalue weighted by Gasteiger charge is 2.20. The van der Waals surface area contributed by atoms with Crippen LogP contribution in [0.3, 0.4) is 0 Å². The number of pyridine rings is 1. The first-order valence-electron chi connectivity index (χ1n) is 9.27. The SMILES string of the molecule is CCCn1c(CCC(=O)NC2CCC(C)CC2)nc2cccnc21. The van der Waals surface area contributed by atoms with E-state index in [-0.39, 0.29) is 5.91 Å². The number of hydrogen-bond acceptors (Lipinski definition) is 3. The fourth-order valence-corrected chi connectivity index (χ4v) is 3.58. The Morgan fingerprint density at radius 1 is 1.33 bits per heavy atom. The summed E-state index contributed by atoms with van der Waals surface area (Å²) in [6, 6.07) is 4.26. The molecule has 24 heavy (non-hydrogen) atoms. The quantitative estimate of drug-likeness (QED) is 0.883. The second-order valence-corrected chi connectivity index (χ2v) is 7.05. The van der Waals surface area contributed by atoms with Crippen molar-refractivity contribution >= 4 is 17.1 Å². The Hall–Kier alpha value is -1.91. The second-order valence-electron chi connectivity index (χ2n) is 7.05. The molecule has 1 aliphatic rings. The van der Waals surface area contributed by atoms with Crippen LogP contribution >= 0.6 is 0 Å². The van der Waals surface area contributed by atoms with E-state index in [2.05, 4.69) is 33.7 Å². The van der Waals surface area contributed by atoms with Crippen LogP contribution in [0.5, 0.6) is 0 Å². The van der Waals surface area contributed by atoms with Crippen molar-refractivity contribution in [3.63, 3.8) is 0 Å². The highest BCUT2D eigenvalue weighted by Crippen LogP contribution is 2.23. The molecule has 2 heterocycles. The molecule has 0 spiro atoms. The Bertz CT molecular complexity index is 686. The Labute approximate surface area is 143 Å². The van der Waals surface area contributed by atoms with E-state index in [4.69, 9.17) is 0 Å². The number of carbonyl (C=O) groups is 1. The minimum Gasteiger partial charge on any atom is -0.353 e. The van der Waals surface area contributed by atoms with Crippen LogP contribution in [0.2, 0.25) is 0 Å². The van der Waals surface area contributed by atoms with Crippen molar-refractivity contribution in [3.05, 3.63) is 24.2 Å². The van der Waals surface area contributed by atoms with Crippen LogP contribution in [-0.4, -0.2) is 26.5 Å². The number of imidazole rings is 1. The molecule has 0 saturated heterocycles.